The summed E-state index contributed by atoms with van der Waals surface area (Å²) in [6.45, 7) is 5.90. The molecule has 1 saturated heterocycles. The lowest BCUT2D eigenvalue weighted by atomic mass is 10.1. The Morgan fingerprint density at radius 2 is 1.93 bits per heavy atom. The first-order valence-corrected chi connectivity index (χ1v) is 11.9. The zero-order valence-corrected chi connectivity index (χ0v) is 18.7. The zero-order valence-electron chi connectivity index (χ0n) is 17.1. The van der Waals surface area contributed by atoms with Gasteiger partial charge in [-0.25, -0.2) is 4.98 Å². The lowest BCUT2D eigenvalue weighted by Gasteiger charge is -2.35. The Balaban J connectivity index is 1.40. The molecule has 2 aromatic carbocycles. The number of nitrogens with one attached hydrogen (secondary N) is 1. The maximum atomic E-state index is 12.3. The molecule has 30 heavy (non-hydrogen) atoms. The molecule has 1 aromatic heterocycles. The minimum absolute atomic E-state index is 0.0174. The van der Waals surface area contributed by atoms with Crippen molar-refractivity contribution < 1.29 is 9.53 Å². The number of carbonyl (C=O) groups excluding carboxylic acids is 1. The number of rotatable bonds is 6. The van der Waals surface area contributed by atoms with Crippen LogP contribution in [0.1, 0.15) is 13.8 Å². The van der Waals surface area contributed by atoms with Crippen LogP contribution in [0.2, 0.25) is 0 Å². The first-order chi connectivity index (χ1) is 14.6. The van der Waals surface area contributed by atoms with E-state index < -0.39 is 0 Å². The monoisotopic (exact) mass is 439 g/mol. The second kappa shape index (κ2) is 9.64. The third-order valence-corrected chi connectivity index (χ3v) is 6.65. The minimum Gasteiger partial charge on any atom is -0.372 e. The lowest BCUT2D eigenvalue weighted by Crippen LogP contribution is -2.45. The zero-order chi connectivity index (χ0) is 20.9. The number of morpholine rings is 1. The van der Waals surface area contributed by atoms with Crippen molar-refractivity contribution in [2.75, 3.05) is 29.1 Å². The number of nitrogens with zero attached hydrogens (tertiary/aromatic N) is 2. The van der Waals surface area contributed by atoms with Gasteiger partial charge in [0.15, 0.2) is 5.13 Å². The molecule has 0 radical (unpaired) electrons. The predicted molar refractivity (Wildman–Crippen MR) is 126 cm³/mol. The molecule has 156 valence electrons. The van der Waals surface area contributed by atoms with E-state index in [0.717, 1.165) is 40.1 Å². The molecule has 1 fully saturated rings. The van der Waals surface area contributed by atoms with Gasteiger partial charge >= 0.3 is 0 Å². The Bertz CT molecular complexity index is 983. The lowest BCUT2D eigenvalue weighted by molar-refractivity contribution is -0.113. The summed E-state index contributed by atoms with van der Waals surface area (Å²) in [6, 6.07) is 17.8. The van der Waals surface area contributed by atoms with Gasteiger partial charge in [-0.2, -0.15) is 0 Å². The van der Waals surface area contributed by atoms with Crippen LogP contribution in [0.4, 0.5) is 10.8 Å². The number of carbonyl (C=O) groups is 1. The van der Waals surface area contributed by atoms with E-state index in [0.29, 0.717) is 5.75 Å². The van der Waals surface area contributed by atoms with Crippen molar-refractivity contribution in [3.63, 3.8) is 0 Å². The van der Waals surface area contributed by atoms with Crippen LogP contribution in [0.5, 0.6) is 0 Å². The van der Waals surface area contributed by atoms with Crippen LogP contribution in [0.3, 0.4) is 0 Å². The average Bonchev–Trinajstić information content (AvgIpc) is 3.23. The molecule has 0 bridgehead atoms. The molecule has 4 rings (SSSR count). The quantitative estimate of drug-likeness (QED) is 0.538. The van der Waals surface area contributed by atoms with Gasteiger partial charge in [0.2, 0.25) is 5.91 Å². The van der Waals surface area contributed by atoms with E-state index in [1.54, 1.807) is 11.3 Å². The van der Waals surface area contributed by atoms with Crippen molar-refractivity contribution in [2.24, 2.45) is 0 Å². The summed E-state index contributed by atoms with van der Waals surface area (Å²) in [4.78, 5) is 20.6. The molecule has 1 amide bonds. The summed E-state index contributed by atoms with van der Waals surface area (Å²) in [7, 11) is 0. The van der Waals surface area contributed by atoms with Crippen molar-refractivity contribution in [3.05, 3.63) is 60.0 Å². The maximum Gasteiger partial charge on any atom is 0.234 e. The number of anilines is 2. The predicted octanol–water partition coefficient (Wildman–Crippen LogP) is 5.15. The van der Waals surface area contributed by atoms with Gasteiger partial charge in [-0.1, -0.05) is 30.3 Å². The second-order valence-electron chi connectivity index (χ2n) is 7.41. The third kappa shape index (κ3) is 5.41. The Hall–Kier alpha value is -2.35. The summed E-state index contributed by atoms with van der Waals surface area (Å²) < 4.78 is 5.82. The summed E-state index contributed by atoms with van der Waals surface area (Å²) in [5, 5.41) is 6.08. The van der Waals surface area contributed by atoms with Crippen molar-refractivity contribution >= 4 is 39.8 Å². The van der Waals surface area contributed by atoms with Gasteiger partial charge < -0.3 is 15.0 Å². The Kier molecular flexibility index (Phi) is 6.72. The fraction of sp³-hybridized carbons (Fsp3) is 0.304. The molecule has 2 heterocycles. The van der Waals surface area contributed by atoms with Crippen molar-refractivity contribution in [3.8, 4) is 11.3 Å². The summed E-state index contributed by atoms with van der Waals surface area (Å²) in [6.07, 6.45) is 0.404. The number of benzene rings is 2. The van der Waals surface area contributed by atoms with Gasteiger partial charge in [0, 0.05) is 34.6 Å². The molecule has 1 aliphatic rings. The average molecular weight is 440 g/mol. The van der Waals surface area contributed by atoms with E-state index >= 15 is 0 Å². The van der Waals surface area contributed by atoms with E-state index in [1.807, 2.05) is 54.6 Å². The van der Waals surface area contributed by atoms with Crippen LogP contribution in [0, 0.1) is 0 Å². The number of hydrogen-bond acceptors (Lipinski definition) is 6. The fourth-order valence-corrected chi connectivity index (χ4v) is 5.07. The van der Waals surface area contributed by atoms with E-state index in [1.165, 1.54) is 11.8 Å². The molecular weight excluding hydrogens is 414 g/mol. The number of aromatic nitrogens is 1. The molecular formula is C23H25N3O2S2. The van der Waals surface area contributed by atoms with Crippen LogP contribution in [-0.4, -0.2) is 41.9 Å². The number of thiazole rings is 1. The summed E-state index contributed by atoms with van der Waals surface area (Å²) in [5.41, 5.74) is 2.71. The first kappa shape index (κ1) is 20.9. The molecule has 1 N–H and O–H groups in total. The molecule has 3 aromatic rings. The van der Waals surface area contributed by atoms with Crippen LogP contribution < -0.4 is 10.2 Å². The molecule has 0 saturated carbocycles. The fourth-order valence-electron chi connectivity index (χ4n) is 3.50. The molecule has 0 spiro atoms. The summed E-state index contributed by atoms with van der Waals surface area (Å²) >= 11 is 3.18. The first-order valence-electron chi connectivity index (χ1n) is 10.0. The third-order valence-electron chi connectivity index (χ3n) is 4.74. The number of hydrogen-bond donors (Lipinski definition) is 1. The van der Waals surface area contributed by atoms with Crippen LogP contribution in [0.25, 0.3) is 11.3 Å². The molecule has 2 unspecified atom stereocenters. The van der Waals surface area contributed by atoms with Gasteiger partial charge in [0.1, 0.15) is 0 Å². The van der Waals surface area contributed by atoms with Crippen molar-refractivity contribution in [1.29, 1.82) is 0 Å². The molecule has 0 aliphatic carbocycles. The van der Waals surface area contributed by atoms with E-state index in [9.17, 15) is 4.79 Å². The molecule has 7 heteroatoms. The van der Waals surface area contributed by atoms with Gasteiger partial charge in [-0.05, 0) is 38.1 Å². The van der Waals surface area contributed by atoms with Crippen molar-refractivity contribution in [2.45, 2.75) is 31.0 Å². The highest BCUT2D eigenvalue weighted by Crippen LogP contribution is 2.30. The number of thioether (sulfide) groups is 1. The van der Waals surface area contributed by atoms with E-state index in [2.05, 4.69) is 29.4 Å². The topological polar surface area (TPSA) is 54.5 Å². The number of ether oxygens (including phenoxy) is 1. The number of amides is 1. The van der Waals surface area contributed by atoms with Gasteiger partial charge in [-0.15, -0.1) is 23.1 Å². The van der Waals surface area contributed by atoms with E-state index in [-0.39, 0.29) is 18.1 Å². The van der Waals surface area contributed by atoms with Crippen molar-refractivity contribution in [1.82, 2.24) is 4.98 Å². The maximum absolute atomic E-state index is 12.3. The Morgan fingerprint density at radius 1 is 1.17 bits per heavy atom. The highest BCUT2D eigenvalue weighted by atomic mass is 32.2. The minimum atomic E-state index is -0.0174. The van der Waals surface area contributed by atoms with Gasteiger partial charge in [-0.3, -0.25) is 4.79 Å². The molecule has 5 nitrogen and oxygen atoms in total. The standard InChI is InChI=1S/C23H25N3O2S2/c1-16-12-26(13-17(2)28-16)23-25-21(14-30-23)18-7-6-8-19(11-18)24-22(27)15-29-20-9-4-3-5-10-20/h3-11,14,16-17H,12-13,15H2,1-2H3,(H,24,27). The van der Waals surface area contributed by atoms with Crippen LogP contribution >= 0.6 is 23.1 Å². The van der Waals surface area contributed by atoms with E-state index in [4.69, 9.17) is 9.72 Å². The van der Waals surface area contributed by atoms with Gasteiger partial charge in [0.05, 0.1) is 23.7 Å². The molecule has 1 aliphatic heterocycles. The summed E-state index contributed by atoms with van der Waals surface area (Å²) in [5.74, 6) is 0.360. The van der Waals surface area contributed by atoms with Gasteiger partial charge in [0.25, 0.3) is 0 Å². The van der Waals surface area contributed by atoms with Crippen LogP contribution in [-0.2, 0) is 9.53 Å². The second-order valence-corrected chi connectivity index (χ2v) is 9.29. The SMILES string of the molecule is CC1CN(c2nc(-c3cccc(NC(=O)CSc4ccccc4)c3)cs2)CC(C)O1. The molecule has 2 atom stereocenters. The Labute approximate surface area is 185 Å². The smallest absolute Gasteiger partial charge is 0.234 e. The highest BCUT2D eigenvalue weighted by molar-refractivity contribution is 8.00. The Morgan fingerprint density at radius 3 is 2.70 bits per heavy atom. The largest absolute Gasteiger partial charge is 0.372 e. The van der Waals surface area contributed by atoms with Crippen LogP contribution in [0.15, 0.2) is 64.9 Å². The normalized spacial score (nSPS) is 18.9. The highest BCUT2D eigenvalue weighted by Gasteiger charge is 2.24.